The number of hydrogen-bond acceptors (Lipinski definition) is 5. The van der Waals surface area contributed by atoms with Gasteiger partial charge in [0.05, 0.1) is 11.0 Å². The van der Waals surface area contributed by atoms with E-state index in [1.807, 2.05) is 53.1 Å². The Balaban J connectivity index is 1.77. The van der Waals surface area contributed by atoms with Crippen molar-refractivity contribution in [3.8, 4) is 5.75 Å². The molecular formula is C18H17N5O. The van der Waals surface area contributed by atoms with Gasteiger partial charge in [0, 0.05) is 0 Å². The molecule has 1 aliphatic rings. The van der Waals surface area contributed by atoms with Gasteiger partial charge in [-0.25, -0.2) is 9.98 Å². The summed E-state index contributed by atoms with van der Waals surface area (Å²) in [4.78, 5) is 9.15. The molecular weight excluding hydrogens is 302 g/mol. The molecule has 120 valence electrons. The Morgan fingerprint density at radius 2 is 2.00 bits per heavy atom. The van der Waals surface area contributed by atoms with Gasteiger partial charge in [0.25, 0.3) is 0 Å². The molecule has 0 aliphatic carbocycles. The normalized spacial score (nSPS) is 16.2. The molecule has 3 N–H and O–H groups in total. The Labute approximate surface area is 139 Å². The predicted molar refractivity (Wildman–Crippen MR) is 95.3 cm³/mol. The van der Waals surface area contributed by atoms with E-state index in [0.717, 1.165) is 22.3 Å². The molecule has 2 heterocycles. The van der Waals surface area contributed by atoms with Crippen LogP contribution in [0.25, 0.3) is 11.0 Å². The van der Waals surface area contributed by atoms with Crippen molar-refractivity contribution in [3.63, 3.8) is 0 Å². The molecule has 4 rings (SSSR count). The zero-order valence-corrected chi connectivity index (χ0v) is 13.0. The van der Waals surface area contributed by atoms with E-state index < -0.39 is 0 Å². The SMILES string of the molecule is C=CCOc1ccc([C@@H]2N=C(N)Nc3nc4ccccc4n32)cc1. The first kappa shape index (κ1) is 14.3. The topological polar surface area (TPSA) is 77.5 Å². The van der Waals surface area contributed by atoms with E-state index in [2.05, 4.69) is 21.9 Å². The number of hydrogen-bond donors (Lipinski definition) is 2. The third kappa shape index (κ3) is 2.38. The highest BCUT2D eigenvalue weighted by molar-refractivity contribution is 5.94. The zero-order valence-electron chi connectivity index (χ0n) is 13.0. The lowest BCUT2D eigenvalue weighted by molar-refractivity contribution is 0.363. The van der Waals surface area contributed by atoms with Crippen molar-refractivity contribution in [1.29, 1.82) is 0 Å². The summed E-state index contributed by atoms with van der Waals surface area (Å²) in [7, 11) is 0. The number of guanidine groups is 1. The predicted octanol–water partition coefficient (Wildman–Crippen LogP) is 2.89. The van der Waals surface area contributed by atoms with Crippen LogP contribution in [0.3, 0.4) is 0 Å². The maximum atomic E-state index is 5.94. The van der Waals surface area contributed by atoms with Gasteiger partial charge < -0.3 is 10.5 Å². The largest absolute Gasteiger partial charge is 0.490 e. The number of nitrogens with two attached hydrogens (primary N) is 1. The van der Waals surface area contributed by atoms with Crippen molar-refractivity contribution in [2.75, 3.05) is 11.9 Å². The van der Waals surface area contributed by atoms with Gasteiger partial charge in [0.2, 0.25) is 5.95 Å². The van der Waals surface area contributed by atoms with E-state index in [-0.39, 0.29) is 6.17 Å². The number of benzene rings is 2. The molecule has 0 radical (unpaired) electrons. The molecule has 0 saturated carbocycles. The van der Waals surface area contributed by atoms with Crippen LogP contribution >= 0.6 is 0 Å². The zero-order chi connectivity index (χ0) is 16.5. The molecule has 2 aromatic carbocycles. The van der Waals surface area contributed by atoms with Crippen LogP contribution in [-0.2, 0) is 0 Å². The van der Waals surface area contributed by atoms with Crippen LogP contribution < -0.4 is 15.8 Å². The Morgan fingerprint density at radius 1 is 1.21 bits per heavy atom. The Kier molecular flexibility index (Phi) is 3.42. The maximum Gasteiger partial charge on any atom is 0.212 e. The lowest BCUT2D eigenvalue weighted by Gasteiger charge is -2.24. The fraction of sp³-hybridized carbons (Fsp3) is 0.111. The van der Waals surface area contributed by atoms with Crippen molar-refractivity contribution in [1.82, 2.24) is 9.55 Å². The smallest absolute Gasteiger partial charge is 0.212 e. The molecule has 3 aromatic rings. The number of imidazole rings is 1. The van der Waals surface area contributed by atoms with E-state index in [4.69, 9.17) is 10.5 Å². The number of nitrogens with zero attached hydrogens (tertiary/aromatic N) is 3. The second kappa shape index (κ2) is 5.73. The minimum atomic E-state index is -0.262. The number of anilines is 1. The molecule has 1 atom stereocenters. The summed E-state index contributed by atoms with van der Waals surface area (Å²) < 4.78 is 7.58. The number of fused-ring (bicyclic) bond motifs is 3. The van der Waals surface area contributed by atoms with Gasteiger partial charge in [-0.3, -0.25) is 9.88 Å². The molecule has 0 saturated heterocycles. The molecule has 0 spiro atoms. The van der Waals surface area contributed by atoms with Crippen LogP contribution in [-0.4, -0.2) is 22.1 Å². The molecule has 0 bridgehead atoms. The Hall–Kier alpha value is -3.28. The fourth-order valence-electron chi connectivity index (χ4n) is 2.83. The second-order valence-corrected chi connectivity index (χ2v) is 5.48. The molecule has 0 fully saturated rings. The van der Waals surface area contributed by atoms with Crippen LogP contribution in [0.2, 0.25) is 0 Å². The molecule has 6 nitrogen and oxygen atoms in total. The monoisotopic (exact) mass is 319 g/mol. The van der Waals surface area contributed by atoms with E-state index in [0.29, 0.717) is 18.5 Å². The highest BCUT2D eigenvalue weighted by atomic mass is 16.5. The van der Waals surface area contributed by atoms with Crippen LogP contribution in [0, 0.1) is 0 Å². The third-order valence-corrected chi connectivity index (χ3v) is 3.89. The highest BCUT2D eigenvalue weighted by Gasteiger charge is 2.24. The van der Waals surface area contributed by atoms with Crippen LogP contribution in [0.1, 0.15) is 11.7 Å². The summed E-state index contributed by atoms with van der Waals surface area (Å²) in [5.74, 6) is 1.84. The summed E-state index contributed by atoms with van der Waals surface area (Å²) in [6, 6.07) is 15.8. The number of aromatic nitrogens is 2. The van der Waals surface area contributed by atoms with Gasteiger partial charge in [0.1, 0.15) is 12.4 Å². The Morgan fingerprint density at radius 3 is 2.79 bits per heavy atom. The van der Waals surface area contributed by atoms with Crippen molar-refractivity contribution < 1.29 is 4.74 Å². The first-order chi connectivity index (χ1) is 11.8. The van der Waals surface area contributed by atoms with E-state index in [1.165, 1.54) is 0 Å². The van der Waals surface area contributed by atoms with Crippen LogP contribution in [0.5, 0.6) is 5.75 Å². The first-order valence-corrected chi connectivity index (χ1v) is 7.67. The standard InChI is InChI=1S/C18H17N5O/c1-2-11-24-13-9-7-12(8-10-13)16-21-17(19)22-18-20-14-5-3-4-6-15(14)23(16)18/h2-10,16H,1,11H2,(H3,19,20,21,22)/t16-/m1/s1. The van der Waals surface area contributed by atoms with Gasteiger partial charge in [0.15, 0.2) is 12.1 Å². The average Bonchev–Trinajstić information content (AvgIpc) is 2.97. The van der Waals surface area contributed by atoms with Gasteiger partial charge in [-0.2, -0.15) is 0 Å². The molecule has 0 unspecified atom stereocenters. The number of ether oxygens (including phenoxy) is 1. The lowest BCUT2D eigenvalue weighted by Crippen LogP contribution is -2.31. The number of para-hydroxylation sites is 2. The second-order valence-electron chi connectivity index (χ2n) is 5.48. The van der Waals surface area contributed by atoms with Gasteiger partial charge in [-0.15, -0.1) is 0 Å². The minimum Gasteiger partial charge on any atom is -0.490 e. The van der Waals surface area contributed by atoms with E-state index >= 15 is 0 Å². The summed E-state index contributed by atoms with van der Waals surface area (Å²) in [6.45, 7) is 4.13. The van der Waals surface area contributed by atoms with Crippen LogP contribution in [0.4, 0.5) is 5.95 Å². The summed E-state index contributed by atoms with van der Waals surface area (Å²) in [6.07, 6.45) is 1.46. The lowest BCUT2D eigenvalue weighted by atomic mass is 10.1. The van der Waals surface area contributed by atoms with E-state index in [9.17, 15) is 0 Å². The van der Waals surface area contributed by atoms with Crippen LogP contribution in [0.15, 0.2) is 66.2 Å². The van der Waals surface area contributed by atoms with E-state index in [1.54, 1.807) is 6.08 Å². The summed E-state index contributed by atoms with van der Waals surface area (Å²) >= 11 is 0. The summed E-state index contributed by atoms with van der Waals surface area (Å²) in [5.41, 5.74) is 8.86. The number of aliphatic imine (C=N–C) groups is 1. The number of nitrogens with one attached hydrogen (secondary N) is 1. The quantitative estimate of drug-likeness (QED) is 0.725. The van der Waals surface area contributed by atoms with Crippen molar-refractivity contribution in [3.05, 3.63) is 66.7 Å². The minimum absolute atomic E-state index is 0.262. The molecule has 24 heavy (non-hydrogen) atoms. The highest BCUT2D eigenvalue weighted by Crippen LogP contribution is 2.32. The molecule has 1 aliphatic heterocycles. The molecule has 0 amide bonds. The first-order valence-electron chi connectivity index (χ1n) is 7.67. The fourth-order valence-corrected chi connectivity index (χ4v) is 2.83. The van der Waals surface area contributed by atoms with Crippen molar-refractivity contribution in [2.24, 2.45) is 10.7 Å². The Bertz CT molecular complexity index is 926. The van der Waals surface area contributed by atoms with Crippen molar-refractivity contribution >= 4 is 22.9 Å². The molecule has 1 aromatic heterocycles. The maximum absolute atomic E-state index is 5.94. The summed E-state index contributed by atoms with van der Waals surface area (Å²) in [5, 5.41) is 3.03. The van der Waals surface area contributed by atoms with Gasteiger partial charge >= 0.3 is 0 Å². The van der Waals surface area contributed by atoms with Gasteiger partial charge in [-0.05, 0) is 29.8 Å². The average molecular weight is 319 g/mol. The van der Waals surface area contributed by atoms with Crippen molar-refractivity contribution in [2.45, 2.75) is 6.17 Å². The third-order valence-electron chi connectivity index (χ3n) is 3.89. The molecule has 6 heteroatoms. The number of rotatable bonds is 4. The van der Waals surface area contributed by atoms with Gasteiger partial charge in [-0.1, -0.05) is 36.9 Å².